The molecule has 0 aliphatic rings. The van der Waals surface area contributed by atoms with Crippen molar-refractivity contribution in [1.82, 2.24) is 10.4 Å². The predicted octanol–water partition coefficient (Wildman–Crippen LogP) is 2.05. The van der Waals surface area contributed by atoms with E-state index >= 15 is 0 Å². The van der Waals surface area contributed by atoms with Gasteiger partial charge in [0.25, 0.3) is 5.91 Å². The second-order valence-electron chi connectivity index (χ2n) is 6.39. The molecule has 25 heavy (non-hydrogen) atoms. The fourth-order valence-corrected chi connectivity index (χ4v) is 2.47. The number of hydrogen-bond donors (Lipinski definition) is 3. The van der Waals surface area contributed by atoms with Crippen LogP contribution >= 0.6 is 0 Å². The van der Waals surface area contributed by atoms with Gasteiger partial charge in [0.15, 0.2) is 0 Å². The van der Waals surface area contributed by atoms with Gasteiger partial charge in [0.2, 0.25) is 5.91 Å². The van der Waals surface area contributed by atoms with Crippen LogP contribution in [0.15, 0.2) is 30.3 Å². The lowest BCUT2D eigenvalue weighted by molar-refractivity contribution is -0.147. The van der Waals surface area contributed by atoms with Crippen molar-refractivity contribution in [1.29, 1.82) is 0 Å². The Balaban J connectivity index is 2.95. The number of carboxylic acid groups (broad SMARTS) is 1. The highest BCUT2D eigenvalue weighted by atomic mass is 16.5. The monoisotopic (exact) mass is 350 g/mol. The van der Waals surface area contributed by atoms with E-state index in [9.17, 15) is 14.4 Å². The summed E-state index contributed by atoms with van der Waals surface area (Å²) >= 11 is 0. The molecule has 0 saturated carbocycles. The molecule has 1 aromatic rings. The molecule has 1 rings (SSSR count). The summed E-state index contributed by atoms with van der Waals surface area (Å²) in [6.07, 6.45) is 0.722. The molecule has 1 atom stereocenters. The molecule has 7 heteroatoms. The van der Waals surface area contributed by atoms with Gasteiger partial charge >= 0.3 is 5.97 Å². The number of carbonyl (C=O) groups excluding carboxylic acids is 2. The first kappa shape index (κ1) is 20.6. The van der Waals surface area contributed by atoms with Crippen molar-refractivity contribution in [3.63, 3.8) is 0 Å². The molecule has 0 saturated heterocycles. The molecule has 7 nitrogen and oxygen atoms in total. The minimum Gasteiger partial charge on any atom is -0.481 e. The molecule has 0 fully saturated rings. The Morgan fingerprint density at radius 2 is 1.76 bits per heavy atom. The zero-order chi connectivity index (χ0) is 18.8. The van der Waals surface area contributed by atoms with Crippen LogP contribution in [-0.2, 0) is 20.9 Å². The molecular formula is C18H26N2O5. The highest BCUT2D eigenvalue weighted by molar-refractivity contribution is 5.99. The minimum absolute atomic E-state index is 0.0000515. The van der Waals surface area contributed by atoms with Crippen molar-refractivity contribution in [3.05, 3.63) is 35.9 Å². The standard InChI is InChI=1S/C18H26N2O5/c1-13(2)8-9-15(17(23)19-25)18(24)20(11-10-16(21)22)12-14-6-4-3-5-7-14/h3-7,13,15,25H,8-12H2,1-2H3,(H,19,23)(H,21,22)/t15-/m1/s1. The number of benzene rings is 1. The SMILES string of the molecule is CC(C)CC[C@H](C(=O)NO)C(=O)N(CCC(=O)O)Cc1ccccc1. The number of carboxylic acids is 1. The number of nitrogens with one attached hydrogen (secondary N) is 1. The number of nitrogens with zero attached hydrogens (tertiary/aromatic N) is 1. The van der Waals surface area contributed by atoms with Crippen molar-refractivity contribution < 1.29 is 24.7 Å². The van der Waals surface area contributed by atoms with E-state index in [0.29, 0.717) is 18.8 Å². The fraction of sp³-hybridized carbons (Fsp3) is 0.500. The molecule has 0 radical (unpaired) electrons. The van der Waals surface area contributed by atoms with Crippen LogP contribution in [0.1, 0.15) is 38.7 Å². The number of aliphatic carboxylic acids is 1. The van der Waals surface area contributed by atoms with E-state index in [-0.39, 0.29) is 19.5 Å². The third-order valence-corrected chi connectivity index (χ3v) is 3.88. The Morgan fingerprint density at radius 3 is 2.28 bits per heavy atom. The number of hydroxylamine groups is 1. The lowest BCUT2D eigenvalue weighted by atomic mass is 9.95. The van der Waals surface area contributed by atoms with E-state index in [0.717, 1.165) is 5.56 Å². The largest absolute Gasteiger partial charge is 0.481 e. The highest BCUT2D eigenvalue weighted by Crippen LogP contribution is 2.17. The highest BCUT2D eigenvalue weighted by Gasteiger charge is 2.30. The first-order chi connectivity index (χ1) is 11.8. The zero-order valence-electron chi connectivity index (χ0n) is 14.6. The number of hydrogen-bond acceptors (Lipinski definition) is 4. The molecule has 0 aliphatic carbocycles. The first-order valence-electron chi connectivity index (χ1n) is 8.33. The van der Waals surface area contributed by atoms with Gasteiger partial charge in [-0.3, -0.25) is 19.6 Å². The Hall–Kier alpha value is -2.41. The molecule has 0 aromatic heterocycles. The van der Waals surface area contributed by atoms with Crippen molar-refractivity contribution in [3.8, 4) is 0 Å². The third kappa shape index (κ3) is 7.34. The van der Waals surface area contributed by atoms with Crippen LogP contribution in [0.5, 0.6) is 0 Å². The van der Waals surface area contributed by atoms with Crippen molar-refractivity contribution in [2.45, 2.75) is 39.7 Å². The molecule has 0 bridgehead atoms. The third-order valence-electron chi connectivity index (χ3n) is 3.88. The Morgan fingerprint density at radius 1 is 1.12 bits per heavy atom. The average molecular weight is 350 g/mol. The minimum atomic E-state index is -1.04. The van der Waals surface area contributed by atoms with Gasteiger partial charge in [0.1, 0.15) is 5.92 Å². The Labute approximate surface area is 147 Å². The molecule has 0 unspecified atom stereocenters. The van der Waals surface area contributed by atoms with Crippen LogP contribution < -0.4 is 5.48 Å². The smallest absolute Gasteiger partial charge is 0.305 e. The van der Waals surface area contributed by atoms with Gasteiger partial charge in [-0.25, -0.2) is 5.48 Å². The van der Waals surface area contributed by atoms with Crippen LogP contribution in [0.4, 0.5) is 0 Å². The number of amides is 2. The molecule has 2 amide bonds. The quantitative estimate of drug-likeness (QED) is 0.340. The van der Waals surface area contributed by atoms with Gasteiger partial charge in [-0.1, -0.05) is 44.2 Å². The number of carbonyl (C=O) groups is 3. The van der Waals surface area contributed by atoms with E-state index in [1.807, 2.05) is 44.2 Å². The first-order valence-corrected chi connectivity index (χ1v) is 8.33. The summed E-state index contributed by atoms with van der Waals surface area (Å²) in [5.41, 5.74) is 2.39. The van der Waals surface area contributed by atoms with E-state index in [2.05, 4.69) is 0 Å². The van der Waals surface area contributed by atoms with Crippen molar-refractivity contribution in [2.24, 2.45) is 11.8 Å². The fourth-order valence-electron chi connectivity index (χ4n) is 2.47. The maximum Gasteiger partial charge on any atom is 0.305 e. The van der Waals surface area contributed by atoms with E-state index in [1.165, 1.54) is 4.90 Å². The summed E-state index contributed by atoms with van der Waals surface area (Å²) in [5.74, 6) is -3.00. The van der Waals surface area contributed by atoms with Crippen LogP contribution in [0.2, 0.25) is 0 Å². The summed E-state index contributed by atoms with van der Waals surface area (Å²) in [5, 5.41) is 17.9. The average Bonchev–Trinajstić information content (AvgIpc) is 2.58. The molecule has 1 aromatic carbocycles. The van der Waals surface area contributed by atoms with Crippen LogP contribution in [0, 0.1) is 11.8 Å². The van der Waals surface area contributed by atoms with Crippen LogP contribution in [0.25, 0.3) is 0 Å². The molecular weight excluding hydrogens is 324 g/mol. The van der Waals surface area contributed by atoms with Gasteiger partial charge < -0.3 is 10.0 Å². The van der Waals surface area contributed by atoms with Crippen LogP contribution in [-0.4, -0.2) is 39.5 Å². The normalized spacial score (nSPS) is 11.8. The van der Waals surface area contributed by atoms with Crippen LogP contribution in [0.3, 0.4) is 0 Å². The topological polar surface area (TPSA) is 107 Å². The summed E-state index contributed by atoms with van der Waals surface area (Å²) in [4.78, 5) is 37.0. The molecule has 3 N–H and O–H groups in total. The molecule has 0 heterocycles. The van der Waals surface area contributed by atoms with E-state index < -0.39 is 23.7 Å². The van der Waals surface area contributed by atoms with Gasteiger partial charge in [0.05, 0.1) is 6.42 Å². The number of rotatable bonds is 10. The van der Waals surface area contributed by atoms with Gasteiger partial charge in [-0.2, -0.15) is 0 Å². The van der Waals surface area contributed by atoms with Crippen molar-refractivity contribution >= 4 is 17.8 Å². The summed E-state index contributed by atoms with van der Waals surface area (Å²) in [6.45, 7) is 4.17. The second kappa shape index (κ2) is 10.5. The van der Waals surface area contributed by atoms with E-state index in [1.54, 1.807) is 5.48 Å². The summed E-state index contributed by atoms with van der Waals surface area (Å²) in [7, 11) is 0. The van der Waals surface area contributed by atoms with Gasteiger partial charge in [-0.05, 0) is 24.3 Å². The van der Waals surface area contributed by atoms with Gasteiger partial charge in [-0.15, -0.1) is 0 Å². The summed E-state index contributed by atoms with van der Waals surface area (Å²) in [6, 6.07) is 9.15. The molecule has 138 valence electrons. The predicted molar refractivity (Wildman–Crippen MR) is 91.6 cm³/mol. The zero-order valence-corrected chi connectivity index (χ0v) is 14.6. The lowest BCUT2D eigenvalue weighted by Gasteiger charge is -2.26. The maximum absolute atomic E-state index is 12.8. The second-order valence-corrected chi connectivity index (χ2v) is 6.39. The van der Waals surface area contributed by atoms with Crippen molar-refractivity contribution in [2.75, 3.05) is 6.54 Å². The molecule has 0 aliphatic heterocycles. The van der Waals surface area contributed by atoms with E-state index in [4.69, 9.17) is 10.3 Å². The lowest BCUT2D eigenvalue weighted by Crippen LogP contribution is -2.43. The summed E-state index contributed by atoms with van der Waals surface area (Å²) < 4.78 is 0. The Bertz CT molecular complexity index is 574. The van der Waals surface area contributed by atoms with Gasteiger partial charge in [0, 0.05) is 13.1 Å². The Kier molecular flexibility index (Phi) is 8.63. The maximum atomic E-state index is 12.8. The molecule has 0 spiro atoms.